The Labute approximate surface area is 247 Å². The number of hydrogen-bond donors (Lipinski definition) is 1. The highest BCUT2D eigenvalue weighted by Gasteiger charge is 2.37. The van der Waals surface area contributed by atoms with Crippen LogP contribution < -0.4 is 19.1 Å². The summed E-state index contributed by atoms with van der Waals surface area (Å²) in [6, 6.07) is 4.81. The van der Waals surface area contributed by atoms with Crippen molar-refractivity contribution in [3.05, 3.63) is 46.3 Å². The van der Waals surface area contributed by atoms with Crippen molar-refractivity contribution in [2.24, 2.45) is 0 Å². The van der Waals surface area contributed by atoms with Crippen LogP contribution in [-0.4, -0.2) is 68.5 Å². The van der Waals surface area contributed by atoms with Crippen molar-refractivity contribution in [3.63, 3.8) is 0 Å². The molecule has 2 aliphatic heterocycles. The summed E-state index contributed by atoms with van der Waals surface area (Å²) in [5.41, 5.74) is 2.23. The Morgan fingerprint density at radius 3 is 2.38 bits per heavy atom. The van der Waals surface area contributed by atoms with Gasteiger partial charge in [-0.2, -0.15) is 0 Å². The number of rotatable bonds is 11. The maximum Gasteiger partial charge on any atom is 0.328 e. The third-order valence-electron chi connectivity index (χ3n) is 7.63. The van der Waals surface area contributed by atoms with Gasteiger partial charge in [0.2, 0.25) is 0 Å². The Kier molecular flexibility index (Phi) is 9.33. The first-order chi connectivity index (χ1) is 20.0. The third kappa shape index (κ3) is 5.89. The standard InChI is InChI=1S/C32H42FN3O6/c1-8-40-25-16-20-17-35(30(34)26(20)27(33)29(25)41-9-2)18-24(37)19-14-21(32(4,5)6)28(39-7)23(15-19)36-13-11-12-22(36)31(38)42-10-3/h14-16,22,34H,8-13,17-18H2,1-7H3. The number of Topliss-reactive ketones (excluding diaryl/α,β-unsaturated/α-hetero) is 1. The van der Waals surface area contributed by atoms with Gasteiger partial charge < -0.3 is 28.7 Å². The number of esters is 1. The average Bonchev–Trinajstić information content (AvgIpc) is 3.55. The highest BCUT2D eigenvalue weighted by molar-refractivity contribution is 6.06. The summed E-state index contributed by atoms with van der Waals surface area (Å²) in [4.78, 5) is 30.2. The maximum absolute atomic E-state index is 15.6. The van der Waals surface area contributed by atoms with Crippen LogP contribution in [0.3, 0.4) is 0 Å². The van der Waals surface area contributed by atoms with E-state index in [-0.39, 0.29) is 66.4 Å². The fourth-order valence-electron chi connectivity index (χ4n) is 5.72. The Bertz CT molecular complexity index is 1370. The highest BCUT2D eigenvalue weighted by atomic mass is 19.1. The molecule has 228 valence electrons. The molecule has 0 aromatic heterocycles. The van der Waals surface area contributed by atoms with Gasteiger partial charge >= 0.3 is 5.97 Å². The summed E-state index contributed by atoms with van der Waals surface area (Å²) < 4.78 is 37.9. The van der Waals surface area contributed by atoms with Gasteiger partial charge in [-0.05, 0) is 62.8 Å². The molecule has 0 spiro atoms. The summed E-state index contributed by atoms with van der Waals surface area (Å²) in [5, 5.41) is 8.74. The van der Waals surface area contributed by atoms with E-state index >= 15 is 4.39 Å². The second kappa shape index (κ2) is 12.6. The largest absolute Gasteiger partial charge is 0.494 e. The smallest absolute Gasteiger partial charge is 0.328 e. The van der Waals surface area contributed by atoms with E-state index in [1.807, 2.05) is 31.7 Å². The number of amidine groups is 1. The number of nitrogens with one attached hydrogen (secondary N) is 1. The molecule has 0 aliphatic carbocycles. The fourth-order valence-corrected chi connectivity index (χ4v) is 5.72. The number of anilines is 1. The van der Waals surface area contributed by atoms with Gasteiger partial charge in [0.05, 0.1) is 44.7 Å². The molecule has 2 aromatic carbocycles. The van der Waals surface area contributed by atoms with E-state index in [1.165, 1.54) is 0 Å². The normalized spacial score (nSPS) is 16.5. The molecule has 1 N–H and O–H groups in total. The molecule has 0 amide bonds. The number of benzene rings is 2. The molecule has 10 heteroatoms. The van der Waals surface area contributed by atoms with Gasteiger partial charge in [0, 0.05) is 24.2 Å². The lowest BCUT2D eigenvalue weighted by atomic mass is 9.84. The van der Waals surface area contributed by atoms with Crippen LogP contribution in [-0.2, 0) is 21.5 Å². The molecular formula is C32H42FN3O6. The fraction of sp³-hybridized carbons (Fsp3) is 0.531. The second-order valence-corrected chi connectivity index (χ2v) is 11.5. The molecule has 2 aliphatic rings. The van der Waals surface area contributed by atoms with E-state index < -0.39 is 11.9 Å². The van der Waals surface area contributed by atoms with Crippen molar-refractivity contribution >= 4 is 23.3 Å². The first kappa shape index (κ1) is 31.1. The maximum atomic E-state index is 15.6. The van der Waals surface area contributed by atoms with Crippen LogP contribution in [0.4, 0.5) is 10.1 Å². The Morgan fingerprint density at radius 1 is 1.05 bits per heavy atom. The molecule has 4 rings (SSSR count). The van der Waals surface area contributed by atoms with E-state index in [1.54, 1.807) is 44.9 Å². The number of ketones is 1. The quantitative estimate of drug-likeness (QED) is 0.274. The van der Waals surface area contributed by atoms with Gasteiger partial charge in [0.15, 0.2) is 23.1 Å². The Morgan fingerprint density at radius 2 is 1.76 bits per heavy atom. The second-order valence-electron chi connectivity index (χ2n) is 11.5. The first-order valence-electron chi connectivity index (χ1n) is 14.6. The van der Waals surface area contributed by atoms with E-state index in [9.17, 15) is 9.59 Å². The lowest BCUT2D eigenvalue weighted by Crippen LogP contribution is -2.38. The van der Waals surface area contributed by atoms with Gasteiger partial charge in [-0.15, -0.1) is 0 Å². The zero-order valence-electron chi connectivity index (χ0n) is 25.7. The summed E-state index contributed by atoms with van der Waals surface area (Å²) in [6.07, 6.45) is 1.45. The first-order valence-corrected chi connectivity index (χ1v) is 14.6. The molecular weight excluding hydrogens is 541 g/mol. The molecule has 2 aromatic rings. The zero-order chi connectivity index (χ0) is 30.8. The van der Waals surface area contributed by atoms with Crippen LogP contribution in [0, 0.1) is 11.2 Å². The Hall–Kier alpha value is -3.82. The van der Waals surface area contributed by atoms with Crippen molar-refractivity contribution in [2.75, 3.05) is 44.9 Å². The minimum Gasteiger partial charge on any atom is -0.494 e. The average molecular weight is 584 g/mol. The molecule has 42 heavy (non-hydrogen) atoms. The van der Waals surface area contributed by atoms with Crippen LogP contribution in [0.5, 0.6) is 17.2 Å². The topological polar surface area (TPSA) is 101 Å². The van der Waals surface area contributed by atoms with Crippen LogP contribution >= 0.6 is 0 Å². The van der Waals surface area contributed by atoms with Crippen LogP contribution in [0.1, 0.15) is 81.4 Å². The number of ether oxygens (including phenoxy) is 4. The van der Waals surface area contributed by atoms with Gasteiger partial charge in [0.25, 0.3) is 0 Å². The van der Waals surface area contributed by atoms with E-state index in [0.717, 1.165) is 12.0 Å². The number of fused-ring (bicyclic) bond motifs is 1. The molecule has 0 radical (unpaired) electrons. The molecule has 9 nitrogen and oxygen atoms in total. The van der Waals surface area contributed by atoms with Gasteiger partial charge in [-0.1, -0.05) is 20.8 Å². The predicted octanol–water partition coefficient (Wildman–Crippen LogP) is 5.48. The van der Waals surface area contributed by atoms with Crippen LogP contribution in [0.2, 0.25) is 0 Å². The minimum atomic E-state index is -0.654. The lowest BCUT2D eigenvalue weighted by molar-refractivity contribution is -0.144. The molecule has 2 heterocycles. The number of hydrogen-bond acceptors (Lipinski definition) is 8. The van der Waals surface area contributed by atoms with Crippen molar-refractivity contribution in [1.82, 2.24) is 4.90 Å². The molecule has 1 fully saturated rings. The lowest BCUT2D eigenvalue weighted by Gasteiger charge is -2.31. The number of halogens is 1. The number of carbonyl (C=O) groups is 2. The molecule has 0 bridgehead atoms. The van der Waals surface area contributed by atoms with E-state index in [4.69, 9.17) is 24.4 Å². The van der Waals surface area contributed by atoms with Gasteiger partial charge in [0.1, 0.15) is 17.6 Å². The van der Waals surface area contributed by atoms with Gasteiger partial charge in [-0.3, -0.25) is 10.2 Å². The number of methoxy groups -OCH3 is 1. The number of nitrogens with zero attached hydrogens (tertiary/aromatic N) is 2. The predicted molar refractivity (Wildman–Crippen MR) is 159 cm³/mol. The molecule has 1 atom stereocenters. The zero-order valence-corrected chi connectivity index (χ0v) is 25.7. The van der Waals surface area contributed by atoms with Crippen LogP contribution in [0.15, 0.2) is 18.2 Å². The number of carbonyl (C=O) groups excluding carboxylic acids is 2. The minimum absolute atomic E-state index is 0.0209. The Balaban J connectivity index is 1.70. The monoisotopic (exact) mass is 583 g/mol. The van der Waals surface area contributed by atoms with E-state index in [0.29, 0.717) is 42.1 Å². The summed E-state index contributed by atoms with van der Waals surface area (Å²) in [6.45, 7) is 13.0. The van der Waals surface area contributed by atoms with Crippen molar-refractivity contribution in [2.45, 2.75) is 72.4 Å². The van der Waals surface area contributed by atoms with Crippen molar-refractivity contribution < 1.29 is 32.9 Å². The van der Waals surface area contributed by atoms with Crippen molar-refractivity contribution in [1.29, 1.82) is 5.41 Å². The SMILES string of the molecule is CCOC(=O)C1CCCN1c1cc(C(=O)CN2Cc3cc(OCC)c(OCC)c(F)c3C2=N)cc(C(C)(C)C)c1OC. The summed E-state index contributed by atoms with van der Waals surface area (Å²) in [5.74, 6) is -0.380. The van der Waals surface area contributed by atoms with Crippen LogP contribution in [0.25, 0.3) is 0 Å². The van der Waals surface area contributed by atoms with Gasteiger partial charge in [-0.25, -0.2) is 9.18 Å². The summed E-state index contributed by atoms with van der Waals surface area (Å²) >= 11 is 0. The van der Waals surface area contributed by atoms with E-state index in [2.05, 4.69) is 0 Å². The third-order valence-corrected chi connectivity index (χ3v) is 7.63. The molecule has 1 saturated heterocycles. The molecule has 1 unspecified atom stereocenters. The summed E-state index contributed by atoms with van der Waals surface area (Å²) in [7, 11) is 1.59. The molecule has 0 saturated carbocycles. The van der Waals surface area contributed by atoms with Crippen molar-refractivity contribution in [3.8, 4) is 17.2 Å². The highest BCUT2D eigenvalue weighted by Crippen LogP contribution is 2.43.